The van der Waals surface area contributed by atoms with E-state index in [4.69, 9.17) is 5.11 Å². The van der Waals surface area contributed by atoms with Crippen LogP contribution in [0.5, 0.6) is 0 Å². The summed E-state index contributed by atoms with van der Waals surface area (Å²) in [6.07, 6.45) is 0. The molecule has 1 atom stereocenters. The van der Waals surface area contributed by atoms with Gasteiger partial charge in [0, 0.05) is 12.6 Å². The topological polar surface area (TPSA) is 127 Å². The van der Waals surface area contributed by atoms with Crippen molar-refractivity contribution in [2.24, 2.45) is 7.05 Å². The molecule has 9 nitrogen and oxygen atoms in total. The van der Waals surface area contributed by atoms with Crippen molar-refractivity contribution in [1.29, 1.82) is 0 Å². The highest BCUT2D eigenvalue weighted by Gasteiger charge is 2.22. The van der Waals surface area contributed by atoms with Crippen LogP contribution in [0, 0.1) is 0 Å². The SMILES string of the molecule is C[C@H](NS(=O)(=O)c1cccc(-c2nnnn2C)c1)C(=O)O. The number of hydrogen-bond acceptors (Lipinski definition) is 6. The van der Waals surface area contributed by atoms with E-state index < -0.39 is 22.0 Å². The van der Waals surface area contributed by atoms with Gasteiger partial charge in [-0.3, -0.25) is 4.79 Å². The number of nitrogens with zero attached hydrogens (tertiary/aromatic N) is 4. The van der Waals surface area contributed by atoms with E-state index in [1.807, 2.05) is 0 Å². The molecule has 2 N–H and O–H groups in total. The minimum Gasteiger partial charge on any atom is -0.480 e. The van der Waals surface area contributed by atoms with Crippen LogP contribution in [0.2, 0.25) is 0 Å². The van der Waals surface area contributed by atoms with Crippen LogP contribution >= 0.6 is 0 Å². The molecule has 0 aliphatic heterocycles. The zero-order valence-corrected chi connectivity index (χ0v) is 12.1. The number of aryl methyl sites for hydroxylation is 1. The van der Waals surface area contributed by atoms with Gasteiger partial charge in [0.05, 0.1) is 4.90 Å². The summed E-state index contributed by atoms with van der Waals surface area (Å²) in [6, 6.07) is 4.71. The van der Waals surface area contributed by atoms with Crippen molar-refractivity contribution < 1.29 is 18.3 Å². The van der Waals surface area contributed by atoms with E-state index in [2.05, 4.69) is 20.2 Å². The van der Waals surface area contributed by atoms with Crippen LogP contribution in [-0.2, 0) is 21.9 Å². The fourth-order valence-electron chi connectivity index (χ4n) is 1.63. The van der Waals surface area contributed by atoms with Crippen LogP contribution in [0.4, 0.5) is 0 Å². The van der Waals surface area contributed by atoms with Gasteiger partial charge in [-0.05, 0) is 29.5 Å². The first-order chi connectivity index (χ1) is 9.81. The van der Waals surface area contributed by atoms with Crippen molar-refractivity contribution in [2.75, 3.05) is 0 Å². The quantitative estimate of drug-likeness (QED) is 0.771. The van der Waals surface area contributed by atoms with Crippen LogP contribution in [0.25, 0.3) is 11.4 Å². The van der Waals surface area contributed by atoms with Gasteiger partial charge in [-0.2, -0.15) is 4.72 Å². The van der Waals surface area contributed by atoms with Gasteiger partial charge in [0.25, 0.3) is 0 Å². The molecule has 0 fully saturated rings. The standard InChI is InChI=1S/C11H13N5O4S/c1-7(11(17)18)13-21(19,20)9-5-3-4-8(6-9)10-12-14-15-16(10)2/h3-7,13H,1-2H3,(H,17,18)/t7-/m0/s1. The first-order valence-corrected chi connectivity index (χ1v) is 7.37. The minimum absolute atomic E-state index is 0.0592. The predicted octanol–water partition coefficient (Wildman–Crippen LogP) is -0.372. The van der Waals surface area contributed by atoms with Gasteiger partial charge in [-0.25, -0.2) is 13.1 Å². The molecule has 1 aromatic heterocycles. The molecule has 0 radical (unpaired) electrons. The number of carboxylic acid groups (broad SMARTS) is 1. The smallest absolute Gasteiger partial charge is 0.321 e. The lowest BCUT2D eigenvalue weighted by atomic mass is 10.2. The summed E-state index contributed by atoms with van der Waals surface area (Å²) in [4.78, 5) is 10.7. The Labute approximate surface area is 120 Å². The third-order valence-corrected chi connectivity index (χ3v) is 4.26. The summed E-state index contributed by atoms with van der Waals surface area (Å²) >= 11 is 0. The molecule has 21 heavy (non-hydrogen) atoms. The number of rotatable bonds is 5. The van der Waals surface area contributed by atoms with E-state index in [1.54, 1.807) is 13.1 Å². The Hall–Kier alpha value is -2.33. The minimum atomic E-state index is -3.94. The van der Waals surface area contributed by atoms with E-state index in [-0.39, 0.29) is 4.90 Å². The molecule has 0 bridgehead atoms. The Bertz CT molecular complexity index is 770. The Kier molecular flexibility index (Phi) is 4.00. The number of sulfonamides is 1. The number of aliphatic carboxylic acids is 1. The highest BCUT2D eigenvalue weighted by atomic mass is 32.2. The second-order valence-corrected chi connectivity index (χ2v) is 6.05. The summed E-state index contributed by atoms with van der Waals surface area (Å²) < 4.78 is 27.7. The number of hydrogen-bond donors (Lipinski definition) is 2. The van der Waals surface area contributed by atoms with E-state index in [1.165, 1.54) is 29.8 Å². The normalized spacial score (nSPS) is 13.0. The number of aromatic nitrogens is 4. The summed E-state index contributed by atoms with van der Waals surface area (Å²) in [5.74, 6) is -0.856. The van der Waals surface area contributed by atoms with Gasteiger partial charge in [-0.15, -0.1) is 5.10 Å². The van der Waals surface area contributed by atoms with Crippen molar-refractivity contribution in [1.82, 2.24) is 24.9 Å². The van der Waals surface area contributed by atoms with Crippen LogP contribution in [-0.4, -0.2) is 45.7 Å². The average molecular weight is 311 g/mol. The Morgan fingerprint density at radius 2 is 2.14 bits per heavy atom. The molecule has 2 rings (SSSR count). The third-order valence-electron chi connectivity index (χ3n) is 2.73. The van der Waals surface area contributed by atoms with E-state index >= 15 is 0 Å². The lowest BCUT2D eigenvalue weighted by molar-refractivity contribution is -0.138. The summed E-state index contributed by atoms with van der Waals surface area (Å²) in [7, 11) is -2.31. The average Bonchev–Trinajstić information content (AvgIpc) is 2.84. The first-order valence-electron chi connectivity index (χ1n) is 5.89. The van der Waals surface area contributed by atoms with Gasteiger partial charge in [0.1, 0.15) is 6.04 Å². The monoisotopic (exact) mass is 311 g/mol. The van der Waals surface area contributed by atoms with Gasteiger partial charge >= 0.3 is 5.97 Å². The number of nitrogens with one attached hydrogen (secondary N) is 1. The number of carboxylic acids is 1. The lowest BCUT2D eigenvalue weighted by Gasteiger charge is -2.10. The zero-order chi connectivity index (χ0) is 15.6. The van der Waals surface area contributed by atoms with E-state index in [9.17, 15) is 13.2 Å². The molecular weight excluding hydrogens is 298 g/mol. The number of carbonyl (C=O) groups is 1. The highest BCUT2D eigenvalue weighted by Crippen LogP contribution is 2.19. The van der Waals surface area contributed by atoms with Gasteiger partial charge in [0.15, 0.2) is 5.82 Å². The molecule has 0 saturated carbocycles. The number of benzene rings is 1. The summed E-state index contributed by atoms with van der Waals surface area (Å²) in [6.45, 7) is 1.25. The fraction of sp³-hybridized carbons (Fsp3) is 0.273. The van der Waals surface area contributed by atoms with Crippen LogP contribution < -0.4 is 4.72 Å². The lowest BCUT2D eigenvalue weighted by Crippen LogP contribution is -2.38. The van der Waals surface area contributed by atoms with Crippen molar-refractivity contribution in [2.45, 2.75) is 17.9 Å². The molecule has 0 spiro atoms. The van der Waals surface area contributed by atoms with Crippen molar-refractivity contribution in [3.63, 3.8) is 0 Å². The molecule has 1 heterocycles. The van der Waals surface area contributed by atoms with Gasteiger partial charge < -0.3 is 5.11 Å². The fourth-order valence-corrected chi connectivity index (χ4v) is 2.87. The number of tetrazole rings is 1. The molecule has 0 aliphatic rings. The molecule has 0 aliphatic carbocycles. The van der Waals surface area contributed by atoms with Crippen LogP contribution in [0.3, 0.4) is 0 Å². The third kappa shape index (κ3) is 3.23. The van der Waals surface area contributed by atoms with Crippen LogP contribution in [0.1, 0.15) is 6.92 Å². The van der Waals surface area contributed by atoms with E-state index in [0.29, 0.717) is 11.4 Å². The van der Waals surface area contributed by atoms with Crippen LogP contribution in [0.15, 0.2) is 29.2 Å². The Balaban J connectivity index is 2.37. The molecule has 112 valence electrons. The maximum Gasteiger partial charge on any atom is 0.321 e. The molecular formula is C11H13N5O4S. The van der Waals surface area contributed by atoms with Gasteiger partial charge in [0.2, 0.25) is 10.0 Å². The molecule has 0 unspecified atom stereocenters. The maximum absolute atomic E-state index is 12.1. The summed E-state index contributed by atoms with van der Waals surface area (Å²) in [5, 5.41) is 19.7. The first kappa shape index (κ1) is 15.1. The van der Waals surface area contributed by atoms with Crippen molar-refractivity contribution in [3.8, 4) is 11.4 Å². The highest BCUT2D eigenvalue weighted by molar-refractivity contribution is 7.89. The molecule has 0 amide bonds. The van der Waals surface area contributed by atoms with E-state index in [0.717, 1.165) is 0 Å². The van der Waals surface area contributed by atoms with Crippen molar-refractivity contribution in [3.05, 3.63) is 24.3 Å². The molecule has 1 aromatic carbocycles. The maximum atomic E-state index is 12.1. The predicted molar refractivity (Wildman–Crippen MR) is 71.7 cm³/mol. The second-order valence-electron chi connectivity index (χ2n) is 4.34. The molecule has 10 heteroatoms. The Morgan fingerprint density at radius 1 is 1.43 bits per heavy atom. The molecule has 2 aromatic rings. The van der Waals surface area contributed by atoms with Gasteiger partial charge in [-0.1, -0.05) is 12.1 Å². The zero-order valence-electron chi connectivity index (χ0n) is 11.3. The largest absolute Gasteiger partial charge is 0.480 e. The summed E-state index contributed by atoms with van der Waals surface area (Å²) in [5.41, 5.74) is 0.508. The second kappa shape index (κ2) is 5.58. The Morgan fingerprint density at radius 3 is 2.71 bits per heavy atom. The molecule has 0 saturated heterocycles. The van der Waals surface area contributed by atoms with Crippen molar-refractivity contribution >= 4 is 16.0 Å².